The summed E-state index contributed by atoms with van der Waals surface area (Å²) in [5.41, 5.74) is 4.36. The number of allylic oxidation sites excluding steroid dienone is 1. The maximum absolute atomic E-state index is 13.3. The van der Waals surface area contributed by atoms with Crippen LogP contribution in [-0.2, 0) is 4.74 Å². The number of hydrogen-bond donors (Lipinski definition) is 0. The Kier molecular flexibility index (Phi) is 14.2. The smallest absolute Gasteiger partial charge is 0.338 e. The summed E-state index contributed by atoms with van der Waals surface area (Å²) in [4.78, 5) is 13.3. The van der Waals surface area contributed by atoms with Crippen molar-refractivity contribution in [2.24, 2.45) is 56.6 Å². The van der Waals surface area contributed by atoms with Crippen molar-refractivity contribution in [1.29, 1.82) is 0 Å². The molecular formula is C50H76N3O3+. The second kappa shape index (κ2) is 18.7. The lowest BCUT2D eigenvalue weighted by molar-refractivity contribution is -0.923. The number of hydrogen-bond acceptors (Lipinski definition) is 5. The van der Waals surface area contributed by atoms with Gasteiger partial charge in [0.05, 0.1) is 49.7 Å². The van der Waals surface area contributed by atoms with E-state index >= 15 is 0 Å². The summed E-state index contributed by atoms with van der Waals surface area (Å²) in [6.45, 7) is 25.0. The zero-order chi connectivity index (χ0) is 39.9. The van der Waals surface area contributed by atoms with Crippen LogP contribution in [0.4, 0.5) is 11.4 Å². The molecule has 0 heterocycles. The number of unbranched alkanes of at least 4 members (excludes halogenated alkanes) is 1. The maximum Gasteiger partial charge on any atom is 0.338 e. The van der Waals surface area contributed by atoms with Crippen molar-refractivity contribution in [3.8, 4) is 5.75 Å². The van der Waals surface area contributed by atoms with Crippen molar-refractivity contribution in [2.45, 2.75) is 145 Å². The van der Waals surface area contributed by atoms with Crippen molar-refractivity contribution in [1.82, 2.24) is 0 Å². The number of azo groups is 1. The molecule has 2 aromatic rings. The lowest BCUT2D eigenvalue weighted by atomic mass is 9.47. The first-order valence-corrected chi connectivity index (χ1v) is 22.9. The van der Waals surface area contributed by atoms with Gasteiger partial charge in [-0.15, -0.1) is 0 Å². The summed E-state index contributed by atoms with van der Waals surface area (Å²) in [5.74, 6) is 5.62. The average molecular weight is 767 g/mol. The van der Waals surface area contributed by atoms with Crippen molar-refractivity contribution in [3.05, 3.63) is 65.7 Å². The second-order valence-corrected chi connectivity index (χ2v) is 19.4. The molecule has 3 fully saturated rings. The van der Waals surface area contributed by atoms with Crippen LogP contribution in [0.3, 0.4) is 0 Å². The molecule has 4 aliphatic rings. The lowest BCUT2D eigenvalue weighted by Gasteiger charge is -2.58. The highest BCUT2D eigenvalue weighted by molar-refractivity contribution is 5.89. The molecule has 0 N–H and O–H groups in total. The number of esters is 1. The molecule has 0 spiro atoms. The maximum atomic E-state index is 13.3. The Bertz CT molecular complexity index is 1620. The molecule has 0 amide bonds. The first kappa shape index (κ1) is 42.6. The van der Waals surface area contributed by atoms with Gasteiger partial charge in [-0.3, -0.25) is 0 Å². The van der Waals surface area contributed by atoms with Crippen LogP contribution in [0, 0.1) is 46.3 Å². The number of nitrogens with zero attached hydrogens (tertiary/aromatic N) is 3. The molecule has 6 rings (SSSR count). The number of fused-ring (bicyclic) bond motifs is 5. The third-order valence-electron chi connectivity index (χ3n) is 16.1. The molecule has 0 saturated heterocycles. The van der Waals surface area contributed by atoms with Gasteiger partial charge in [-0.05, 0) is 173 Å². The number of carbonyl (C=O) groups excluding carboxylic acids is 1. The van der Waals surface area contributed by atoms with E-state index in [2.05, 4.69) is 71.7 Å². The van der Waals surface area contributed by atoms with Gasteiger partial charge in [-0.2, -0.15) is 10.2 Å². The third-order valence-corrected chi connectivity index (χ3v) is 16.1. The van der Waals surface area contributed by atoms with Crippen LogP contribution in [-0.4, -0.2) is 49.3 Å². The van der Waals surface area contributed by atoms with Gasteiger partial charge in [0.25, 0.3) is 0 Å². The molecule has 3 saturated carbocycles. The fourth-order valence-corrected chi connectivity index (χ4v) is 12.2. The predicted molar refractivity (Wildman–Crippen MR) is 231 cm³/mol. The van der Waals surface area contributed by atoms with Gasteiger partial charge in [-0.1, -0.05) is 65.5 Å². The lowest BCUT2D eigenvalue weighted by Crippen LogP contribution is -2.51. The molecule has 308 valence electrons. The van der Waals surface area contributed by atoms with E-state index in [0.29, 0.717) is 16.7 Å². The molecule has 8 atom stereocenters. The first-order valence-electron chi connectivity index (χ1n) is 22.9. The van der Waals surface area contributed by atoms with E-state index in [9.17, 15) is 4.79 Å². The molecule has 0 aromatic heterocycles. The molecule has 4 aliphatic carbocycles. The summed E-state index contributed by atoms with van der Waals surface area (Å²) in [6, 6.07) is 15.1. The fraction of sp³-hybridized carbons (Fsp3) is 0.700. The highest BCUT2D eigenvalue weighted by atomic mass is 16.5. The van der Waals surface area contributed by atoms with Crippen molar-refractivity contribution in [3.63, 3.8) is 0 Å². The molecule has 0 bridgehead atoms. The summed E-state index contributed by atoms with van der Waals surface area (Å²) >= 11 is 0. The molecule has 0 unspecified atom stereocenters. The number of quaternary nitrogens is 1. The van der Waals surface area contributed by atoms with Crippen LogP contribution >= 0.6 is 0 Å². The van der Waals surface area contributed by atoms with Gasteiger partial charge in [0, 0.05) is 6.42 Å². The molecule has 6 heteroatoms. The van der Waals surface area contributed by atoms with Gasteiger partial charge >= 0.3 is 5.97 Å². The second-order valence-electron chi connectivity index (χ2n) is 19.4. The largest absolute Gasteiger partial charge is 0.494 e. The van der Waals surface area contributed by atoms with E-state index < -0.39 is 0 Å². The highest BCUT2D eigenvalue weighted by Crippen LogP contribution is 2.67. The van der Waals surface area contributed by atoms with Crippen molar-refractivity contribution in [2.75, 3.05) is 32.8 Å². The quantitative estimate of drug-likeness (QED) is 0.0499. The minimum absolute atomic E-state index is 0.0528. The van der Waals surface area contributed by atoms with E-state index in [1.165, 1.54) is 88.4 Å². The summed E-state index contributed by atoms with van der Waals surface area (Å²) in [5, 5.41) is 8.84. The Morgan fingerprint density at radius 1 is 0.804 bits per heavy atom. The normalized spacial score (nSPS) is 29.4. The van der Waals surface area contributed by atoms with Crippen LogP contribution in [0.15, 0.2) is 70.4 Å². The predicted octanol–water partition coefficient (Wildman–Crippen LogP) is 13.7. The Labute approximate surface area is 340 Å². The molecular weight excluding hydrogens is 691 g/mol. The SMILES string of the molecule is CC[N+](CC)(CC)CCCCOc1ccc(N=Nc2ccc(C(=O)O[C@H]3CC[C@@]4(C)C(=CC[C@H]5[C@@H]6CC[C@H]([C@H](C)CCCC(C)C)[C@@]6(C)CC[C@@H]54)C3)cc2)cc1. The molecule has 2 aromatic carbocycles. The van der Waals surface area contributed by atoms with Gasteiger partial charge in [0.2, 0.25) is 0 Å². The number of carbonyl (C=O) groups is 1. The summed E-state index contributed by atoms with van der Waals surface area (Å²) in [7, 11) is 0. The standard InChI is InChI=1S/C50H76N3O3/c1-9-53(10-2,11-3)33-12-13-34-55-42-24-22-41(23-25-42)52-51-40-20-17-38(18-21-40)48(54)56-43-29-31-49(7)39(35-43)19-26-44-46-28-27-45(37(6)16-14-15-36(4)5)50(46,8)32-30-47(44)49/h17-25,36-37,43-47H,9-16,26-35H2,1-8H3/q+1/t37-,43+,44+,45-,46+,47+,49+,50-/m1/s1. The van der Waals surface area contributed by atoms with E-state index in [4.69, 9.17) is 9.47 Å². The number of ether oxygens (including phenoxy) is 2. The first-order chi connectivity index (χ1) is 26.9. The minimum atomic E-state index is -0.237. The van der Waals surface area contributed by atoms with E-state index in [0.717, 1.165) is 79.2 Å². The summed E-state index contributed by atoms with van der Waals surface area (Å²) < 4.78 is 13.4. The molecule has 56 heavy (non-hydrogen) atoms. The molecule has 6 nitrogen and oxygen atoms in total. The van der Waals surface area contributed by atoms with E-state index in [-0.39, 0.29) is 17.5 Å². The Balaban J connectivity index is 0.963. The number of rotatable bonds is 18. The summed E-state index contributed by atoms with van der Waals surface area (Å²) in [6.07, 6.45) is 18.8. The van der Waals surface area contributed by atoms with Gasteiger partial charge < -0.3 is 14.0 Å². The zero-order valence-corrected chi connectivity index (χ0v) is 36.5. The number of benzene rings is 2. The van der Waals surface area contributed by atoms with E-state index in [1.807, 2.05) is 48.5 Å². The topological polar surface area (TPSA) is 60.2 Å². The van der Waals surface area contributed by atoms with E-state index in [1.54, 1.807) is 5.57 Å². The monoisotopic (exact) mass is 767 g/mol. The molecule has 0 radical (unpaired) electrons. The zero-order valence-electron chi connectivity index (χ0n) is 36.5. The third kappa shape index (κ3) is 9.48. The Morgan fingerprint density at radius 3 is 2.14 bits per heavy atom. The molecule has 0 aliphatic heterocycles. The van der Waals surface area contributed by atoms with Crippen molar-refractivity contribution < 1.29 is 18.8 Å². The fourth-order valence-electron chi connectivity index (χ4n) is 12.2. The van der Waals surface area contributed by atoms with Crippen LogP contribution < -0.4 is 4.74 Å². The van der Waals surface area contributed by atoms with Gasteiger partial charge in [-0.25, -0.2) is 4.79 Å². The van der Waals surface area contributed by atoms with Crippen LogP contribution in [0.1, 0.15) is 149 Å². The van der Waals surface area contributed by atoms with Crippen LogP contribution in [0.2, 0.25) is 0 Å². The van der Waals surface area contributed by atoms with Crippen LogP contribution in [0.25, 0.3) is 0 Å². The van der Waals surface area contributed by atoms with Crippen molar-refractivity contribution >= 4 is 17.3 Å². The Hall–Kier alpha value is -2.99. The Morgan fingerprint density at radius 2 is 1.48 bits per heavy atom. The minimum Gasteiger partial charge on any atom is -0.494 e. The van der Waals surface area contributed by atoms with Gasteiger partial charge in [0.1, 0.15) is 11.9 Å². The average Bonchev–Trinajstić information content (AvgIpc) is 3.56. The highest BCUT2D eigenvalue weighted by Gasteiger charge is 2.59. The van der Waals surface area contributed by atoms with Crippen LogP contribution in [0.5, 0.6) is 5.75 Å². The van der Waals surface area contributed by atoms with Gasteiger partial charge in [0.15, 0.2) is 0 Å².